The van der Waals surface area contributed by atoms with Crippen LogP contribution in [0.5, 0.6) is 0 Å². The summed E-state index contributed by atoms with van der Waals surface area (Å²) >= 11 is 0. The van der Waals surface area contributed by atoms with Gasteiger partial charge in [-0.2, -0.15) is 0 Å². The highest BCUT2D eigenvalue weighted by Gasteiger charge is 2.22. The highest BCUT2D eigenvalue weighted by atomic mass is 32.2. The standard InChI is InChI=1S/C9H12FN3O3S/c1-17(15,16)13(6-9(14)12-11)8-5-3-2-4-7(8)10/h2-5H,6,11H2,1H3,(H,12,14). The SMILES string of the molecule is CS(=O)(=O)N(CC(=O)NN)c1ccccc1F. The summed E-state index contributed by atoms with van der Waals surface area (Å²) in [6.45, 7) is -0.573. The first-order valence-corrected chi connectivity index (χ1v) is 6.42. The highest BCUT2D eigenvalue weighted by Crippen LogP contribution is 2.20. The molecule has 0 aliphatic carbocycles. The van der Waals surface area contributed by atoms with Crippen LogP contribution in [0.3, 0.4) is 0 Å². The van der Waals surface area contributed by atoms with Crippen LogP contribution in [0.4, 0.5) is 10.1 Å². The number of rotatable bonds is 4. The van der Waals surface area contributed by atoms with Crippen molar-refractivity contribution in [3.8, 4) is 0 Å². The van der Waals surface area contributed by atoms with Gasteiger partial charge in [0.2, 0.25) is 10.0 Å². The van der Waals surface area contributed by atoms with Crippen molar-refractivity contribution in [1.82, 2.24) is 5.43 Å². The first-order chi connectivity index (χ1) is 7.86. The third-order valence-electron chi connectivity index (χ3n) is 1.97. The number of halogens is 1. The minimum absolute atomic E-state index is 0.196. The maximum absolute atomic E-state index is 13.5. The van der Waals surface area contributed by atoms with Crippen molar-refractivity contribution in [2.75, 3.05) is 17.1 Å². The molecule has 94 valence electrons. The molecular weight excluding hydrogens is 249 g/mol. The van der Waals surface area contributed by atoms with Gasteiger partial charge < -0.3 is 0 Å². The van der Waals surface area contributed by atoms with E-state index < -0.39 is 28.3 Å². The Balaban J connectivity index is 3.17. The van der Waals surface area contributed by atoms with Gasteiger partial charge in [-0.1, -0.05) is 12.1 Å². The van der Waals surface area contributed by atoms with E-state index in [1.165, 1.54) is 18.2 Å². The second-order valence-electron chi connectivity index (χ2n) is 3.29. The van der Waals surface area contributed by atoms with Gasteiger partial charge in [-0.05, 0) is 12.1 Å². The lowest BCUT2D eigenvalue weighted by Gasteiger charge is -2.21. The molecule has 0 fully saturated rings. The van der Waals surface area contributed by atoms with E-state index in [0.29, 0.717) is 4.31 Å². The van der Waals surface area contributed by atoms with E-state index in [-0.39, 0.29) is 5.69 Å². The molecule has 1 aromatic rings. The topological polar surface area (TPSA) is 92.5 Å². The van der Waals surface area contributed by atoms with Crippen molar-refractivity contribution in [1.29, 1.82) is 0 Å². The first kappa shape index (κ1) is 13.4. The molecule has 0 saturated heterocycles. The quantitative estimate of drug-likeness (QED) is 0.437. The van der Waals surface area contributed by atoms with Gasteiger partial charge in [0, 0.05) is 0 Å². The molecule has 0 spiro atoms. The summed E-state index contributed by atoms with van der Waals surface area (Å²) in [5, 5.41) is 0. The van der Waals surface area contributed by atoms with Crippen LogP contribution in [0.1, 0.15) is 0 Å². The van der Waals surface area contributed by atoms with E-state index in [9.17, 15) is 17.6 Å². The first-order valence-electron chi connectivity index (χ1n) is 4.58. The number of hydrogen-bond acceptors (Lipinski definition) is 4. The Labute approximate surface area is 98.2 Å². The van der Waals surface area contributed by atoms with Crippen LogP contribution in [0.2, 0.25) is 0 Å². The van der Waals surface area contributed by atoms with Gasteiger partial charge in [0.15, 0.2) is 0 Å². The van der Waals surface area contributed by atoms with Gasteiger partial charge in [0.25, 0.3) is 5.91 Å². The lowest BCUT2D eigenvalue weighted by Crippen LogP contribution is -2.43. The van der Waals surface area contributed by atoms with Crippen molar-refractivity contribution in [3.63, 3.8) is 0 Å². The van der Waals surface area contributed by atoms with Crippen LogP contribution in [0.15, 0.2) is 24.3 Å². The van der Waals surface area contributed by atoms with E-state index in [4.69, 9.17) is 5.84 Å². The van der Waals surface area contributed by atoms with Crippen molar-refractivity contribution < 1.29 is 17.6 Å². The number of anilines is 1. The molecule has 8 heteroatoms. The zero-order chi connectivity index (χ0) is 13.1. The number of carbonyl (C=O) groups is 1. The fraction of sp³-hybridized carbons (Fsp3) is 0.222. The molecule has 0 radical (unpaired) electrons. The summed E-state index contributed by atoms with van der Waals surface area (Å²) in [7, 11) is -3.77. The maximum Gasteiger partial charge on any atom is 0.254 e. The van der Waals surface area contributed by atoms with E-state index in [1.807, 2.05) is 0 Å². The van der Waals surface area contributed by atoms with E-state index >= 15 is 0 Å². The Morgan fingerprint density at radius 3 is 2.53 bits per heavy atom. The Kier molecular flexibility index (Phi) is 4.02. The lowest BCUT2D eigenvalue weighted by molar-refractivity contribution is -0.119. The summed E-state index contributed by atoms with van der Waals surface area (Å²) in [4.78, 5) is 11.1. The van der Waals surface area contributed by atoms with Crippen LogP contribution in [0, 0.1) is 5.82 Å². The lowest BCUT2D eigenvalue weighted by atomic mass is 10.3. The number of hydrogen-bond donors (Lipinski definition) is 2. The van der Waals surface area contributed by atoms with E-state index in [1.54, 1.807) is 5.43 Å². The molecular formula is C9H12FN3O3S. The normalized spacial score (nSPS) is 11.0. The van der Waals surface area contributed by atoms with Crippen molar-refractivity contribution in [3.05, 3.63) is 30.1 Å². The monoisotopic (exact) mass is 261 g/mol. The van der Waals surface area contributed by atoms with Crippen molar-refractivity contribution >= 4 is 21.6 Å². The molecule has 1 amide bonds. The molecule has 3 N–H and O–H groups in total. The van der Waals surface area contributed by atoms with Gasteiger partial charge in [-0.25, -0.2) is 18.7 Å². The Hall–Kier alpha value is -1.67. The summed E-state index contributed by atoms with van der Waals surface area (Å²) in [5.74, 6) is 3.39. The Morgan fingerprint density at radius 1 is 1.47 bits per heavy atom. The molecule has 1 aromatic carbocycles. The Morgan fingerprint density at radius 2 is 2.06 bits per heavy atom. The van der Waals surface area contributed by atoms with Crippen molar-refractivity contribution in [2.24, 2.45) is 5.84 Å². The number of nitrogens with zero attached hydrogens (tertiary/aromatic N) is 1. The third-order valence-corrected chi connectivity index (χ3v) is 3.10. The van der Waals surface area contributed by atoms with Crippen LogP contribution >= 0.6 is 0 Å². The van der Waals surface area contributed by atoms with E-state index in [0.717, 1.165) is 12.3 Å². The zero-order valence-electron chi connectivity index (χ0n) is 9.05. The Bertz CT molecular complexity index is 518. The average Bonchev–Trinajstić information content (AvgIpc) is 2.25. The van der Waals surface area contributed by atoms with E-state index in [2.05, 4.69) is 0 Å². The number of carbonyl (C=O) groups excluding carboxylic acids is 1. The average molecular weight is 261 g/mol. The molecule has 0 aliphatic rings. The number of amides is 1. The van der Waals surface area contributed by atoms with Crippen LogP contribution in [-0.2, 0) is 14.8 Å². The molecule has 0 aromatic heterocycles. The molecule has 0 aliphatic heterocycles. The predicted octanol–water partition coefficient (Wildman–Crippen LogP) is -0.418. The smallest absolute Gasteiger partial charge is 0.254 e. The molecule has 0 saturated carbocycles. The van der Waals surface area contributed by atoms with Crippen LogP contribution in [0.25, 0.3) is 0 Å². The molecule has 0 bridgehead atoms. The number of para-hydroxylation sites is 1. The summed E-state index contributed by atoms with van der Waals surface area (Å²) < 4.78 is 37.0. The second-order valence-corrected chi connectivity index (χ2v) is 5.20. The highest BCUT2D eigenvalue weighted by molar-refractivity contribution is 7.92. The van der Waals surface area contributed by atoms with Gasteiger partial charge in [0.05, 0.1) is 11.9 Å². The fourth-order valence-electron chi connectivity index (χ4n) is 1.21. The van der Waals surface area contributed by atoms with Crippen LogP contribution in [-0.4, -0.2) is 27.1 Å². The summed E-state index contributed by atoms with van der Waals surface area (Å²) in [5.41, 5.74) is 1.59. The van der Waals surface area contributed by atoms with Crippen LogP contribution < -0.4 is 15.6 Å². The molecule has 1 rings (SSSR count). The zero-order valence-corrected chi connectivity index (χ0v) is 9.87. The van der Waals surface area contributed by atoms with Crippen molar-refractivity contribution in [2.45, 2.75) is 0 Å². The summed E-state index contributed by atoms with van der Waals surface area (Å²) in [6, 6.07) is 5.26. The number of hydrazine groups is 1. The second kappa shape index (κ2) is 5.11. The molecule has 17 heavy (non-hydrogen) atoms. The number of sulfonamides is 1. The maximum atomic E-state index is 13.5. The minimum atomic E-state index is -3.77. The molecule has 0 atom stereocenters. The van der Waals surface area contributed by atoms with Gasteiger partial charge in [-0.15, -0.1) is 0 Å². The summed E-state index contributed by atoms with van der Waals surface area (Å²) in [6.07, 6.45) is 0.878. The van der Waals surface area contributed by atoms with Gasteiger partial charge >= 0.3 is 0 Å². The fourth-order valence-corrected chi connectivity index (χ4v) is 2.07. The number of nitrogens with two attached hydrogens (primary N) is 1. The largest absolute Gasteiger partial charge is 0.293 e. The minimum Gasteiger partial charge on any atom is -0.293 e. The third kappa shape index (κ3) is 3.40. The molecule has 0 heterocycles. The number of benzene rings is 1. The van der Waals surface area contributed by atoms with Gasteiger partial charge in [0.1, 0.15) is 12.4 Å². The molecule has 0 unspecified atom stereocenters. The predicted molar refractivity (Wildman–Crippen MR) is 60.9 cm³/mol. The molecule has 6 nitrogen and oxygen atoms in total. The number of nitrogens with one attached hydrogen (secondary N) is 1. The van der Waals surface area contributed by atoms with Gasteiger partial charge in [-0.3, -0.25) is 14.5 Å².